The number of hydrogen-bond donors (Lipinski definition) is 2. The molecule has 1 aromatic heterocycles. The van der Waals surface area contributed by atoms with Crippen molar-refractivity contribution in [2.45, 2.75) is 25.3 Å². The predicted molar refractivity (Wildman–Crippen MR) is 106 cm³/mol. The van der Waals surface area contributed by atoms with Gasteiger partial charge in [0, 0.05) is 12.1 Å². The van der Waals surface area contributed by atoms with Crippen molar-refractivity contribution in [1.29, 1.82) is 0 Å². The minimum absolute atomic E-state index is 0.00455. The maximum Gasteiger partial charge on any atom is 0.230 e. The van der Waals surface area contributed by atoms with E-state index in [4.69, 9.17) is 0 Å². The number of aromatic amines is 1. The molecule has 2 N–H and O–H groups in total. The molecule has 2 heterocycles. The number of benzene rings is 2. The summed E-state index contributed by atoms with van der Waals surface area (Å²) in [4.78, 5) is 12.3. The van der Waals surface area contributed by atoms with E-state index in [1.165, 1.54) is 16.4 Å². The third-order valence-corrected chi connectivity index (χ3v) is 6.46. The summed E-state index contributed by atoms with van der Waals surface area (Å²) in [6.07, 6.45) is -0.00455. The van der Waals surface area contributed by atoms with Gasteiger partial charge in [-0.3, -0.25) is 9.89 Å². The molecule has 1 aliphatic heterocycles. The first-order valence-electron chi connectivity index (χ1n) is 9.03. The molecule has 0 fully saturated rings. The summed E-state index contributed by atoms with van der Waals surface area (Å²) >= 11 is 0. The number of rotatable bonds is 6. The average Bonchev–Trinajstić information content (AvgIpc) is 3.25. The minimum atomic E-state index is -3.52. The van der Waals surface area contributed by atoms with Crippen molar-refractivity contribution in [2.75, 3.05) is 5.32 Å². The first-order chi connectivity index (χ1) is 13.9. The second kappa shape index (κ2) is 7.76. The second-order valence-corrected chi connectivity index (χ2v) is 8.86. The van der Waals surface area contributed by atoms with E-state index in [9.17, 15) is 17.6 Å². The van der Waals surface area contributed by atoms with Crippen molar-refractivity contribution in [1.82, 2.24) is 14.5 Å². The number of hydrogen-bond acceptors (Lipinski definition) is 4. The Labute approximate surface area is 167 Å². The number of sulfonamides is 1. The van der Waals surface area contributed by atoms with Crippen LogP contribution in [0.25, 0.3) is 0 Å². The molecule has 3 aromatic rings. The van der Waals surface area contributed by atoms with Crippen molar-refractivity contribution in [2.24, 2.45) is 0 Å². The number of fused-ring (bicyclic) bond motifs is 1. The summed E-state index contributed by atoms with van der Waals surface area (Å²) in [6.45, 7) is 0.313. The smallest absolute Gasteiger partial charge is 0.230 e. The Hall–Kier alpha value is -3.04. The zero-order valence-electron chi connectivity index (χ0n) is 15.4. The van der Waals surface area contributed by atoms with E-state index < -0.39 is 15.8 Å². The van der Waals surface area contributed by atoms with Gasteiger partial charge in [0.1, 0.15) is 5.82 Å². The third kappa shape index (κ3) is 4.36. The molecule has 0 atom stereocenters. The normalized spacial score (nSPS) is 14.0. The lowest BCUT2D eigenvalue weighted by atomic mass is 10.1. The highest BCUT2D eigenvalue weighted by Crippen LogP contribution is 2.30. The van der Waals surface area contributed by atoms with Crippen LogP contribution in [0.5, 0.6) is 0 Å². The standard InChI is InChI=1S/C20H19FN4O3S/c21-16-8-4-7-15(9-16)10-19(26)22-20-17-11-25(12-18(17)23-24-20)29(27,28)13-14-5-2-1-3-6-14/h1-9H,10-13H2,(H2,22,23,24,26). The molecular formula is C20H19FN4O3S. The van der Waals surface area contributed by atoms with E-state index in [2.05, 4.69) is 15.5 Å². The Bertz CT molecular complexity index is 1150. The van der Waals surface area contributed by atoms with Gasteiger partial charge in [-0.2, -0.15) is 9.40 Å². The monoisotopic (exact) mass is 414 g/mol. The minimum Gasteiger partial charge on any atom is -0.309 e. The molecule has 7 nitrogen and oxygen atoms in total. The number of nitrogens with one attached hydrogen (secondary N) is 2. The molecule has 0 bridgehead atoms. The van der Waals surface area contributed by atoms with Crippen molar-refractivity contribution < 1.29 is 17.6 Å². The van der Waals surface area contributed by atoms with Crippen LogP contribution in [-0.4, -0.2) is 28.8 Å². The zero-order valence-corrected chi connectivity index (χ0v) is 16.2. The van der Waals surface area contributed by atoms with Crippen LogP contribution in [0.2, 0.25) is 0 Å². The fraction of sp³-hybridized carbons (Fsp3) is 0.200. The Morgan fingerprint density at radius 3 is 2.62 bits per heavy atom. The van der Waals surface area contributed by atoms with Crippen LogP contribution >= 0.6 is 0 Å². The molecule has 0 saturated carbocycles. The molecule has 1 amide bonds. The second-order valence-electron chi connectivity index (χ2n) is 6.89. The van der Waals surface area contributed by atoms with Crippen LogP contribution in [-0.2, 0) is 40.1 Å². The highest BCUT2D eigenvalue weighted by Gasteiger charge is 2.33. The van der Waals surface area contributed by atoms with Crippen molar-refractivity contribution in [3.05, 3.63) is 82.8 Å². The summed E-state index contributed by atoms with van der Waals surface area (Å²) in [6, 6.07) is 14.8. The van der Waals surface area contributed by atoms with Crippen molar-refractivity contribution in [3.8, 4) is 0 Å². The maximum atomic E-state index is 13.3. The van der Waals surface area contributed by atoms with Crippen LogP contribution in [0, 0.1) is 5.82 Å². The number of nitrogens with zero attached hydrogens (tertiary/aromatic N) is 2. The SMILES string of the molecule is O=C(Cc1cccc(F)c1)Nc1n[nH]c2c1CN(S(=O)(=O)Cc1ccccc1)C2. The first-order valence-corrected chi connectivity index (χ1v) is 10.6. The molecule has 1 aliphatic rings. The Morgan fingerprint density at radius 1 is 1.10 bits per heavy atom. The Morgan fingerprint density at radius 2 is 1.86 bits per heavy atom. The number of aromatic nitrogens is 2. The number of carbonyl (C=O) groups is 1. The van der Waals surface area contributed by atoms with Gasteiger partial charge >= 0.3 is 0 Å². The van der Waals surface area contributed by atoms with E-state index in [1.807, 2.05) is 6.07 Å². The Kier molecular flexibility index (Phi) is 5.16. The fourth-order valence-electron chi connectivity index (χ4n) is 3.30. The lowest BCUT2D eigenvalue weighted by molar-refractivity contribution is -0.115. The lowest BCUT2D eigenvalue weighted by Crippen LogP contribution is -2.27. The number of H-pyrrole nitrogens is 1. The first kappa shape index (κ1) is 19.3. The van der Waals surface area contributed by atoms with E-state index in [1.54, 1.807) is 36.4 Å². The van der Waals surface area contributed by atoms with Crippen molar-refractivity contribution in [3.63, 3.8) is 0 Å². The largest absolute Gasteiger partial charge is 0.309 e. The molecule has 2 aromatic carbocycles. The lowest BCUT2D eigenvalue weighted by Gasteiger charge is -2.16. The van der Waals surface area contributed by atoms with E-state index in [-0.39, 0.29) is 31.2 Å². The van der Waals surface area contributed by atoms with Crippen LogP contribution in [0.15, 0.2) is 54.6 Å². The maximum absolute atomic E-state index is 13.3. The van der Waals surface area contributed by atoms with Gasteiger partial charge in [-0.25, -0.2) is 12.8 Å². The summed E-state index contributed by atoms with van der Waals surface area (Å²) in [5, 5.41) is 9.57. The third-order valence-electron chi connectivity index (χ3n) is 4.72. The van der Waals surface area contributed by atoms with Crippen LogP contribution < -0.4 is 5.32 Å². The number of carbonyl (C=O) groups excluding carboxylic acids is 1. The predicted octanol–water partition coefficient (Wildman–Crippen LogP) is 2.58. The number of anilines is 1. The summed E-state index contributed by atoms with van der Waals surface area (Å²) in [5.74, 6) is -0.545. The highest BCUT2D eigenvalue weighted by molar-refractivity contribution is 7.88. The molecule has 4 rings (SSSR count). The molecule has 0 saturated heterocycles. The number of amides is 1. The van der Waals surface area contributed by atoms with Gasteiger partial charge in [0.2, 0.25) is 15.9 Å². The average molecular weight is 414 g/mol. The highest BCUT2D eigenvalue weighted by atomic mass is 32.2. The van der Waals surface area contributed by atoms with Gasteiger partial charge in [-0.15, -0.1) is 0 Å². The zero-order chi connectivity index (χ0) is 20.4. The molecule has 0 aliphatic carbocycles. The van der Waals surface area contributed by atoms with E-state index in [0.717, 1.165) is 0 Å². The quantitative estimate of drug-likeness (QED) is 0.648. The molecule has 0 unspecified atom stereocenters. The van der Waals surface area contributed by atoms with Crippen molar-refractivity contribution >= 4 is 21.7 Å². The molecular weight excluding hydrogens is 395 g/mol. The van der Waals surface area contributed by atoms with Crippen LogP contribution in [0.4, 0.5) is 10.2 Å². The summed E-state index contributed by atoms with van der Waals surface area (Å²) in [5.41, 5.74) is 2.56. The van der Waals surface area contributed by atoms with Gasteiger partial charge < -0.3 is 5.32 Å². The van der Waals surface area contributed by atoms with E-state index >= 15 is 0 Å². The van der Waals surface area contributed by atoms with Crippen LogP contribution in [0.1, 0.15) is 22.4 Å². The van der Waals surface area contributed by atoms with Gasteiger partial charge in [-0.05, 0) is 23.3 Å². The summed E-state index contributed by atoms with van der Waals surface area (Å²) < 4.78 is 40.1. The van der Waals surface area contributed by atoms with Gasteiger partial charge in [0.15, 0.2) is 5.82 Å². The molecule has 0 radical (unpaired) electrons. The molecule has 29 heavy (non-hydrogen) atoms. The van der Waals surface area contributed by atoms with Gasteiger partial charge in [-0.1, -0.05) is 42.5 Å². The Balaban J connectivity index is 1.43. The fourth-order valence-corrected chi connectivity index (χ4v) is 4.74. The molecule has 150 valence electrons. The van der Waals surface area contributed by atoms with E-state index in [0.29, 0.717) is 28.2 Å². The summed E-state index contributed by atoms with van der Waals surface area (Å²) in [7, 11) is -3.52. The van der Waals surface area contributed by atoms with Crippen LogP contribution in [0.3, 0.4) is 0 Å². The number of halogens is 1. The molecule has 9 heteroatoms. The van der Waals surface area contributed by atoms with Gasteiger partial charge in [0.25, 0.3) is 0 Å². The molecule has 0 spiro atoms. The topological polar surface area (TPSA) is 95.2 Å². The van der Waals surface area contributed by atoms with Gasteiger partial charge in [0.05, 0.1) is 24.4 Å².